The Morgan fingerprint density at radius 3 is 2.41 bits per heavy atom. The molecule has 0 radical (unpaired) electrons. The van der Waals surface area contributed by atoms with Crippen LogP contribution >= 0.6 is 0 Å². The summed E-state index contributed by atoms with van der Waals surface area (Å²) in [5.74, 6) is -0.0519. The number of anilines is 4. The fourth-order valence-electron chi connectivity index (χ4n) is 3.62. The third kappa shape index (κ3) is 6.18. The van der Waals surface area contributed by atoms with Crippen molar-refractivity contribution in [1.82, 2.24) is 19.9 Å². The van der Waals surface area contributed by atoms with E-state index in [-0.39, 0.29) is 42.2 Å². The summed E-state index contributed by atoms with van der Waals surface area (Å²) in [6, 6.07) is 16.8. The number of likely N-dealkylation sites (tertiary alicyclic amines) is 1. The monoisotopic (exact) mass is 461 g/mol. The number of benzene rings is 2. The number of carbonyl (C=O) groups excluding carboxylic acids is 2. The minimum Gasteiger partial charge on any atom is -0.457 e. The topological polar surface area (TPSA) is 135 Å². The van der Waals surface area contributed by atoms with Gasteiger partial charge in [-0.15, -0.1) is 0 Å². The number of piperidine rings is 1. The van der Waals surface area contributed by atoms with Gasteiger partial charge in [-0.25, -0.2) is 4.79 Å². The quantitative estimate of drug-likeness (QED) is 0.475. The molecule has 1 aliphatic rings. The first-order valence-corrected chi connectivity index (χ1v) is 11.1. The second kappa shape index (κ2) is 10.6. The van der Waals surface area contributed by atoms with Gasteiger partial charge in [-0.05, 0) is 44.0 Å². The van der Waals surface area contributed by atoms with E-state index >= 15 is 0 Å². The van der Waals surface area contributed by atoms with Crippen LogP contribution in [0, 0.1) is 12.8 Å². The molecule has 1 saturated heterocycles. The molecule has 0 bridgehead atoms. The average Bonchev–Trinajstić information content (AvgIpc) is 2.84. The third-order valence-electron chi connectivity index (χ3n) is 5.49. The SMILES string of the molecule is Cc1ccc(Nc2nc(N)nc(COC(=O)C3CCN(C(=O)Nc4ccccc4)CC3)n2)cc1. The van der Waals surface area contributed by atoms with E-state index in [9.17, 15) is 9.59 Å². The van der Waals surface area contributed by atoms with Gasteiger partial charge in [0.1, 0.15) is 0 Å². The summed E-state index contributed by atoms with van der Waals surface area (Å²) in [6.45, 7) is 2.84. The number of nitrogen functional groups attached to an aromatic ring is 1. The van der Waals surface area contributed by atoms with E-state index in [1.54, 1.807) is 4.90 Å². The number of urea groups is 1. The van der Waals surface area contributed by atoms with Crippen molar-refractivity contribution in [2.24, 2.45) is 5.92 Å². The molecule has 1 aromatic heterocycles. The van der Waals surface area contributed by atoms with E-state index in [0.29, 0.717) is 25.9 Å². The van der Waals surface area contributed by atoms with Crippen LogP contribution in [0.25, 0.3) is 0 Å². The van der Waals surface area contributed by atoms with Crippen LogP contribution in [-0.4, -0.2) is 44.9 Å². The molecule has 4 rings (SSSR count). The van der Waals surface area contributed by atoms with Gasteiger partial charge in [0.15, 0.2) is 12.4 Å². The lowest BCUT2D eigenvalue weighted by atomic mass is 9.97. The van der Waals surface area contributed by atoms with Gasteiger partial charge in [0.2, 0.25) is 11.9 Å². The molecule has 10 nitrogen and oxygen atoms in total. The molecule has 34 heavy (non-hydrogen) atoms. The number of para-hydroxylation sites is 1. The minimum absolute atomic E-state index is 0.0356. The van der Waals surface area contributed by atoms with Gasteiger partial charge < -0.3 is 26.0 Å². The Bertz CT molecular complexity index is 1130. The number of nitrogens with two attached hydrogens (primary N) is 1. The highest BCUT2D eigenvalue weighted by Crippen LogP contribution is 2.21. The summed E-state index contributed by atoms with van der Waals surface area (Å²) >= 11 is 0. The van der Waals surface area contributed by atoms with E-state index in [0.717, 1.165) is 16.9 Å². The molecule has 1 fully saturated rings. The summed E-state index contributed by atoms with van der Waals surface area (Å²) in [6.07, 6.45) is 1.06. The molecule has 0 unspecified atom stereocenters. The molecule has 0 aliphatic carbocycles. The number of aryl methyl sites for hydroxylation is 1. The standard InChI is InChI=1S/C24H27N7O3/c1-16-7-9-19(10-8-16)26-23-29-20(28-22(25)30-23)15-34-21(32)17-11-13-31(14-12-17)24(33)27-18-5-3-2-4-6-18/h2-10,17H,11-15H2,1H3,(H,27,33)(H3,25,26,28,29,30). The number of carbonyl (C=O) groups is 2. The number of rotatable bonds is 6. The second-order valence-corrected chi connectivity index (χ2v) is 8.09. The Kier molecular flexibility index (Phi) is 7.16. The van der Waals surface area contributed by atoms with Gasteiger partial charge >= 0.3 is 12.0 Å². The van der Waals surface area contributed by atoms with E-state index in [4.69, 9.17) is 10.5 Å². The van der Waals surface area contributed by atoms with Gasteiger partial charge in [-0.1, -0.05) is 35.9 Å². The van der Waals surface area contributed by atoms with Crippen LogP contribution in [0.3, 0.4) is 0 Å². The van der Waals surface area contributed by atoms with Crippen LogP contribution in [-0.2, 0) is 16.1 Å². The Labute approximate surface area is 197 Å². The fourth-order valence-corrected chi connectivity index (χ4v) is 3.62. The van der Waals surface area contributed by atoms with Crippen LogP contribution in [0.1, 0.15) is 24.2 Å². The predicted octanol–water partition coefficient (Wildman–Crippen LogP) is 3.49. The molecule has 176 valence electrons. The van der Waals surface area contributed by atoms with Gasteiger partial charge in [0, 0.05) is 24.5 Å². The van der Waals surface area contributed by atoms with Crippen LogP contribution in [0.4, 0.5) is 28.1 Å². The maximum absolute atomic E-state index is 12.6. The van der Waals surface area contributed by atoms with Crippen molar-refractivity contribution in [3.63, 3.8) is 0 Å². The van der Waals surface area contributed by atoms with Crippen LogP contribution < -0.4 is 16.4 Å². The highest BCUT2D eigenvalue weighted by Gasteiger charge is 2.28. The number of hydrogen-bond acceptors (Lipinski definition) is 8. The molecule has 3 aromatic rings. The number of esters is 1. The van der Waals surface area contributed by atoms with Crippen molar-refractivity contribution >= 4 is 35.3 Å². The van der Waals surface area contributed by atoms with Gasteiger partial charge in [-0.2, -0.15) is 15.0 Å². The Balaban J connectivity index is 1.26. The lowest BCUT2D eigenvalue weighted by Crippen LogP contribution is -2.42. The smallest absolute Gasteiger partial charge is 0.321 e. The van der Waals surface area contributed by atoms with Gasteiger partial charge in [0.25, 0.3) is 0 Å². The molecule has 2 heterocycles. The van der Waals surface area contributed by atoms with Crippen molar-refractivity contribution in [2.75, 3.05) is 29.5 Å². The lowest BCUT2D eigenvalue weighted by Gasteiger charge is -2.30. The molecule has 1 aliphatic heterocycles. The first-order valence-electron chi connectivity index (χ1n) is 11.1. The first-order chi connectivity index (χ1) is 16.5. The Morgan fingerprint density at radius 2 is 1.71 bits per heavy atom. The zero-order chi connectivity index (χ0) is 23.9. The number of amides is 2. The minimum atomic E-state index is -0.338. The van der Waals surface area contributed by atoms with E-state index in [1.165, 1.54) is 0 Å². The van der Waals surface area contributed by atoms with Crippen molar-refractivity contribution < 1.29 is 14.3 Å². The first kappa shape index (κ1) is 23.0. The maximum Gasteiger partial charge on any atom is 0.321 e. The van der Waals surface area contributed by atoms with Crippen LogP contribution in [0.2, 0.25) is 0 Å². The maximum atomic E-state index is 12.6. The van der Waals surface area contributed by atoms with Crippen molar-refractivity contribution in [3.8, 4) is 0 Å². The molecule has 0 atom stereocenters. The van der Waals surface area contributed by atoms with Gasteiger partial charge in [-0.3, -0.25) is 4.79 Å². The average molecular weight is 462 g/mol. The number of nitrogens with one attached hydrogen (secondary N) is 2. The molecule has 10 heteroatoms. The predicted molar refractivity (Wildman–Crippen MR) is 128 cm³/mol. The highest BCUT2D eigenvalue weighted by molar-refractivity contribution is 5.89. The van der Waals surface area contributed by atoms with E-state index in [2.05, 4.69) is 25.6 Å². The summed E-state index contributed by atoms with van der Waals surface area (Å²) in [5.41, 5.74) is 8.48. The Morgan fingerprint density at radius 1 is 1.00 bits per heavy atom. The molecule has 0 spiro atoms. The Hall–Kier alpha value is -4.21. The molecular formula is C24H27N7O3. The van der Waals surface area contributed by atoms with Crippen molar-refractivity contribution in [1.29, 1.82) is 0 Å². The summed E-state index contributed by atoms with van der Waals surface area (Å²) < 4.78 is 5.44. The molecule has 0 saturated carbocycles. The van der Waals surface area contributed by atoms with E-state index < -0.39 is 0 Å². The van der Waals surface area contributed by atoms with Crippen molar-refractivity contribution in [2.45, 2.75) is 26.4 Å². The summed E-state index contributed by atoms with van der Waals surface area (Å²) in [7, 11) is 0. The zero-order valence-corrected chi connectivity index (χ0v) is 18.9. The van der Waals surface area contributed by atoms with Crippen molar-refractivity contribution in [3.05, 3.63) is 66.0 Å². The van der Waals surface area contributed by atoms with E-state index in [1.807, 2.05) is 61.5 Å². The third-order valence-corrected chi connectivity index (χ3v) is 5.49. The number of ether oxygens (including phenoxy) is 1. The van der Waals surface area contributed by atoms with Gasteiger partial charge in [0.05, 0.1) is 5.92 Å². The fraction of sp³-hybridized carbons (Fsp3) is 0.292. The molecular weight excluding hydrogens is 434 g/mol. The highest BCUT2D eigenvalue weighted by atomic mass is 16.5. The number of aromatic nitrogens is 3. The second-order valence-electron chi connectivity index (χ2n) is 8.09. The number of hydrogen-bond donors (Lipinski definition) is 3. The number of nitrogens with zero attached hydrogens (tertiary/aromatic N) is 4. The van der Waals surface area contributed by atoms with Crippen LogP contribution in [0.15, 0.2) is 54.6 Å². The summed E-state index contributed by atoms with van der Waals surface area (Å²) in [5, 5.41) is 5.93. The molecule has 2 amide bonds. The molecule has 4 N–H and O–H groups in total. The lowest BCUT2D eigenvalue weighted by molar-refractivity contribution is -0.151. The summed E-state index contributed by atoms with van der Waals surface area (Å²) in [4.78, 5) is 39.1. The molecule has 2 aromatic carbocycles. The largest absolute Gasteiger partial charge is 0.457 e. The normalized spacial score (nSPS) is 13.9. The zero-order valence-electron chi connectivity index (χ0n) is 18.9. The van der Waals surface area contributed by atoms with Crippen LogP contribution in [0.5, 0.6) is 0 Å².